The van der Waals surface area contributed by atoms with Crippen LogP contribution in [0.25, 0.3) is 0 Å². The second-order valence-corrected chi connectivity index (χ2v) is 5.75. The number of aromatic hydroxyl groups is 1. The van der Waals surface area contributed by atoms with Gasteiger partial charge in [-0.1, -0.05) is 32.0 Å². The quantitative estimate of drug-likeness (QED) is 0.686. The molecule has 3 N–H and O–H groups in total. The molecule has 2 aromatic rings. The summed E-state index contributed by atoms with van der Waals surface area (Å²) in [5.74, 6) is 1.11. The minimum Gasteiger partial charge on any atom is -0.508 e. The number of hydrogen-bond acceptors (Lipinski definition) is 3. The smallest absolute Gasteiger partial charge is 0.322 e. The Balaban J connectivity index is 1.94. The lowest BCUT2D eigenvalue weighted by Gasteiger charge is -2.19. The van der Waals surface area contributed by atoms with E-state index in [1.54, 1.807) is 19.1 Å². The Morgan fingerprint density at radius 1 is 1.12 bits per heavy atom. The lowest BCUT2D eigenvalue weighted by atomic mass is 9.97. The first-order valence-corrected chi connectivity index (χ1v) is 8.11. The zero-order valence-corrected chi connectivity index (χ0v) is 14.2. The molecule has 0 saturated heterocycles. The van der Waals surface area contributed by atoms with Crippen molar-refractivity contribution in [2.45, 2.75) is 39.3 Å². The van der Waals surface area contributed by atoms with Gasteiger partial charge in [0.1, 0.15) is 11.5 Å². The van der Waals surface area contributed by atoms with Gasteiger partial charge in [0.2, 0.25) is 0 Å². The van der Waals surface area contributed by atoms with Crippen molar-refractivity contribution < 1.29 is 14.6 Å². The molecule has 2 amide bonds. The van der Waals surface area contributed by atoms with Gasteiger partial charge >= 0.3 is 6.03 Å². The first-order chi connectivity index (χ1) is 11.5. The molecule has 0 spiro atoms. The van der Waals surface area contributed by atoms with E-state index in [4.69, 9.17) is 4.74 Å². The number of phenols is 1. The maximum absolute atomic E-state index is 12.2. The Bertz CT molecular complexity index is 671. The van der Waals surface area contributed by atoms with Gasteiger partial charge in [-0.15, -0.1) is 0 Å². The molecule has 0 saturated carbocycles. The first-order valence-electron chi connectivity index (χ1n) is 8.11. The highest BCUT2D eigenvalue weighted by molar-refractivity contribution is 5.90. The summed E-state index contributed by atoms with van der Waals surface area (Å²) in [5.41, 5.74) is 1.92. The number of benzene rings is 2. The third-order valence-electron chi connectivity index (χ3n) is 3.84. The van der Waals surface area contributed by atoms with Crippen LogP contribution in [0.5, 0.6) is 11.5 Å². The van der Waals surface area contributed by atoms with Gasteiger partial charge in [-0.2, -0.15) is 0 Å². The van der Waals surface area contributed by atoms with Crippen LogP contribution in [0.3, 0.4) is 0 Å². The molecule has 0 aromatic heterocycles. The monoisotopic (exact) mass is 328 g/mol. The molecule has 128 valence electrons. The van der Waals surface area contributed by atoms with Crippen molar-refractivity contribution in [2.24, 2.45) is 0 Å². The summed E-state index contributed by atoms with van der Waals surface area (Å²) in [7, 11) is 0. The highest BCUT2D eigenvalue weighted by atomic mass is 16.5. The molecule has 0 aliphatic carbocycles. The number of nitrogens with one attached hydrogen (secondary N) is 2. The standard InChI is InChI=1S/C19H24N2O3/c1-4-13(2)17-7-5-6-8-18(17)21-19(23)20-14(3)24-16-11-9-15(22)10-12-16/h5-14,22H,4H2,1-3H3,(H2,20,21,23). The Hall–Kier alpha value is -2.69. The van der Waals surface area contributed by atoms with Crippen LogP contribution in [0.4, 0.5) is 10.5 Å². The number of ether oxygens (including phenoxy) is 1. The molecule has 2 aromatic carbocycles. The number of para-hydroxylation sites is 1. The summed E-state index contributed by atoms with van der Waals surface area (Å²) in [6.07, 6.45) is 0.492. The summed E-state index contributed by atoms with van der Waals surface area (Å²) in [6.45, 7) is 6.00. The summed E-state index contributed by atoms with van der Waals surface area (Å²) in [6, 6.07) is 13.8. The molecule has 2 rings (SSSR count). The fourth-order valence-electron chi connectivity index (χ4n) is 2.36. The van der Waals surface area contributed by atoms with Crippen molar-refractivity contribution in [3.63, 3.8) is 0 Å². The van der Waals surface area contributed by atoms with Gasteiger partial charge in [-0.05, 0) is 55.2 Å². The fourth-order valence-corrected chi connectivity index (χ4v) is 2.36. The molecule has 0 fully saturated rings. The van der Waals surface area contributed by atoms with Crippen LogP contribution in [0.1, 0.15) is 38.7 Å². The predicted molar refractivity (Wildman–Crippen MR) is 95.5 cm³/mol. The molecule has 5 nitrogen and oxygen atoms in total. The van der Waals surface area contributed by atoms with E-state index in [-0.39, 0.29) is 11.8 Å². The Morgan fingerprint density at radius 2 is 1.79 bits per heavy atom. The van der Waals surface area contributed by atoms with Gasteiger partial charge < -0.3 is 20.5 Å². The molecular weight excluding hydrogens is 304 g/mol. The number of urea groups is 1. The molecular formula is C19H24N2O3. The third-order valence-corrected chi connectivity index (χ3v) is 3.84. The van der Waals surface area contributed by atoms with E-state index in [0.717, 1.165) is 17.7 Å². The van der Waals surface area contributed by atoms with Crippen LogP contribution in [0.2, 0.25) is 0 Å². The van der Waals surface area contributed by atoms with Crippen molar-refractivity contribution in [3.05, 3.63) is 54.1 Å². The Morgan fingerprint density at radius 3 is 2.46 bits per heavy atom. The predicted octanol–water partition coefficient (Wildman–Crippen LogP) is 4.45. The summed E-state index contributed by atoms with van der Waals surface area (Å²) in [4.78, 5) is 12.2. The van der Waals surface area contributed by atoms with Gasteiger partial charge in [-0.25, -0.2) is 4.79 Å². The van der Waals surface area contributed by atoms with Gasteiger partial charge in [-0.3, -0.25) is 0 Å². The second kappa shape index (κ2) is 8.24. The van der Waals surface area contributed by atoms with Crippen LogP contribution < -0.4 is 15.4 Å². The zero-order chi connectivity index (χ0) is 17.5. The summed E-state index contributed by atoms with van der Waals surface area (Å²) >= 11 is 0. The first kappa shape index (κ1) is 17.7. The molecule has 0 aliphatic heterocycles. The molecule has 0 aliphatic rings. The summed E-state index contributed by atoms with van der Waals surface area (Å²) in [5, 5.41) is 14.9. The third kappa shape index (κ3) is 4.91. The van der Waals surface area contributed by atoms with E-state index in [0.29, 0.717) is 11.7 Å². The maximum Gasteiger partial charge on any atom is 0.322 e. The Kier molecular flexibility index (Phi) is 6.07. The molecule has 5 heteroatoms. The number of phenolic OH excluding ortho intramolecular Hbond substituents is 1. The zero-order valence-electron chi connectivity index (χ0n) is 14.2. The van der Waals surface area contributed by atoms with Gasteiger partial charge in [0.25, 0.3) is 0 Å². The Labute approximate surface area is 142 Å². The number of anilines is 1. The van der Waals surface area contributed by atoms with Crippen molar-refractivity contribution in [1.82, 2.24) is 5.32 Å². The number of hydrogen-bond donors (Lipinski definition) is 3. The summed E-state index contributed by atoms with van der Waals surface area (Å²) < 4.78 is 5.59. The largest absolute Gasteiger partial charge is 0.508 e. The van der Waals surface area contributed by atoms with E-state index in [1.807, 2.05) is 24.3 Å². The van der Waals surface area contributed by atoms with Gasteiger partial charge in [0.15, 0.2) is 6.23 Å². The lowest BCUT2D eigenvalue weighted by molar-refractivity contribution is 0.183. The minimum absolute atomic E-state index is 0.169. The van der Waals surface area contributed by atoms with E-state index in [1.165, 1.54) is 12.1 Å². The van der Waals surface area contributed by atoms with E-state index in [2.05, 4.69) is 24.5 Å². The number of amides is 2. The lowest BCUT2D eigenvalue weighted by Crippen LogP contribution is -2.39. The molecule has 2 atom stereocenters. The average molecular weight is 328 g/mol. The fraction of sp³-hybridized carbons (Fsp3) is 0.316. The maximum atomic E-state index is 12.2. The minimum atomic E-state index is -0.509. The number of carbonyl (C=O) groups excluding carboxylic acids is 1. The normalized spacial score (nSPS) is 13.0. The average Bonchev–Trinajstić information content (AvgIpc) is 2.56. The van der Waals surface area contributed by atoms with Crippen molar-refractivity contribution in [2.75, 3.05) is 5.32 Å². The highest BCUT2D eigenvalue weighted by Crippen LogP contribution is 2.26. The molecule has 24 heavy (non-hydrogen) atoms. The van der Waals surface area contributed by atoms with Crippen LogP contribution in [-0.4, -0.2) is 17.4 Å². The van der Waals surface area contributed by atoms with Crippen LogP contribution >= 0.6 is 0 Å². The molecule has 0 heterocycles. The van der Waals surface area contributed by atoms with Crippen molar-refractivity contribution in [1.29, 1.82) is 0 Å². The highest BCUT2D eigenvalue weighted by Gasteiger charge is 2.13. The van der Waals surface area contributed by atoms with Crippen LogP contribution in [0.15, 0.2) is 48.5 Å². The number of rotatable bonds is 6. The van der Waals surface area contributed by atoms with E-state index < -0.39 is 6.23 Å². The topological polar surface area (TPSA) is 70.6 Å². The van der Waals surface area contributed by atoms with Crippen LogP contribution in [-0.2, 0) is 0 Å². The second-order valence-electron chi connectivity index (χ2n) is 5.75. The van der Waals surface area contributed by atoms with E-state index >= 15 is 0 Å². The van der Waals surface area contributed by atoms with Crippen molar-refractivity contribution in [3.8, 4) is 11.5 Å². The van der Waals surface area contributed by atoms with Gasteiger partial charge in [0, 0.05) is 5.69 Å². The molecule has 0 radical (unpaired) electrons. The SMILES string of the molecule is CCC(C)c1ccccc1NC(=O)NC(C)Oc1ccc(O)cc1. The molecule has 0 bridgehead atoms. The number of carbonyl (C=O) groups is 1. The van der Waals surface area contributed by atoms with Crippen molar-refractivity contribution >= 4 is 11.7 Å². The van der Waals surface area contributed by atoms with E-state index in [9.17, 15) is 9.90 Å². The molecule has 2 unspecified atom stereocenters. The van der Waals surface area contributed by atoms with Crippen LogP contribution in [0, 0.1) is 0 Å². The van der Waals surface area contributed by atoms with Gasteiger partial charge in [0.05, 0.1) is 0 Å².